The molecule has 1 aliphatic rings. The Morgan fingerprint density at radius 2 is 2.00 bits per heavy atom. The molecule has 1 fully saturated rings. The molecule has 1 aliphatic heterocycles. The molecule has 4 rings (SSSR count). The number of carbonyl (C=O) groups excluding carboxylic acids is 1. The van der Waals surface area contributed by atoms with Crippen molar-refractivity contribution in [3.05, 3.63) is 48.0 Å². The fourth-order valence-corrected chi connectivity index (χ4v) is 2.86. The van der Waals surface area contributed by atoms with Crippen LogP contribution in [0.15, 0.2) is 36.7 Å². The van der Waals surface area contributed by atoms with Gasteiger partial charge in [0.1, 0.15) is 17.1 Å². The van der Waals surface area contributed by atoms with Crippen molar-refractivity contribution in [2.75, 3.05) is 18.5 Å². The third-order valence-electron chi connectivity index (χ3n) is 4.46. The number of ether oxygens (including phenoxy) is 2. The van der Waals surface area contributed by atoms with Crippen LogP contribution >= 0.6 is 0 Å². The van der Waals surface area contributed by atoms with Crippen LogP contribution in [0.2, 0.25) is 0 Å². The van der Waals surface area contributed by atoms with Crippen molar-refractivity contribution >= 4 is 11.6 Å². The second-order valence-corrected chi connectivity index (χ2v) is 7.18. The Kier molecular flexibility index (Phi) is 5.09. The molecule has 0 radical (unpaired) electrons. The lowest BCUT2D eigenvalue weighted by Gasteiger charge is -2.37. The molecule has 12 heteroatoms. The van der Waals surface area contributed by atoms with Crippen LogP contribution in [0.4, 0.5) is 18.9 Å². The maximum Gasteiger partial charge on any atom is 0.433 e. The zero-order valence-electron chi connectivity index (χ0n) is 16.5. The van der Waals surface area contributed by atoms with Crippen molar-refractivity contribution in [2.45, 2.75) is 18.7 Å². The first-order chi connectivity index (χ1) is 14.6. The second-order valence-electron chi connectivity index (χ2n) is 7.18. The fraction of sp³-hybridized carbons (Fsp3) is 0.316. The van der Waals surface area contributed by atoms with Gasteiger partial charge in [0.25, 0.3) is 5.91 Å². The Labute approximate surface area is 174 Å². The molecule has 0 unspecified atom stereocenters. The number of nitrogens with one attached hydrogen (secondary N) is 1. The van der Waals surface area contributed by atoms with Gasteiger partial charge in [-0.25, -0.2) is 4.98 Å². The van der Waals surface area contributed by atoms with Gasteiger partial charge < -0.3 is 14.8 Å². The van der Waals surface area contributed by atoms with Crippen LogP contribution in [-0.2, 0) is 18.0 Å². The number of aromatic nitrogens is 5. The average molecular weight is 434 g/mol. The molecule has 0 atom stereocenters. The number of rotatable bonds is 5. The van der Waals surface area contributed by atoms with E-state index < -0.39 is 23.4 Å². The van der Waals surface area contributed by atoms with Crippen LogP contribution in [-0.4, -0.2) is 49.5 Å². The van der Waals surface area contributed by atoms with Crippen LogP contribution in [0.1, 0.15) is 23.1 Å². The Morgan fingerprint density at radius 3 is 2.61 bits per heavy atom. The lowest BCUT2D eigenvalue weighted by molar-refractivity contribution is -0.151. The van der Waals surface area contributed by atoms with Crippen LogP contribution < -0.4 is 10.1 Å². The summed E-state index contributed by atoms with van der Waals surface area (Å²) in [6, 6.07) is 4.98. The van der Waals surface area contributed by atoms with E-state index in [1.165, 1.54) is 16.8 Å². The van der Waals surface area contributed by atoms with Crippen molar-refractivity contribution < 1.29 is 27.4 Å². The Bertz CT molecular complexity index is 1130. The molecule has 1 saturated heterocycles. The first-order valence-corrected chi connectivity index (χ1v) is 9.12. The number of pyridine rings is 1. The highest BCUT2D eigenvalue weighted by Gasteiger charge is 2.37. The van der Waals surface area contributed by atoms with Crippen molar-refractivity contribution in [1.29, 1.82) is 0 Å². The standard InChI is InChI=1S/C19H17F3N6O3/c1-18(9-30-10-18)31-15-8-12(26-16(27-15)13-4-6-24-28(13)2)17(29)25-11-3-5-23-14(7-11)19(20,21)22/h3-8H,9-10H2,1-2H3,(H,23,25,29). The first kappa shape index (κ1) is 20.7. The van der Waals surface area contributed by atoms with E-state index in [0.717, 1.165) is 12.3 Å². The lowest BCUT2D eigenvalue weighted by atomic mass is 10.1. The monoisotopic (exact) mass is 434 g/mol. The summed E-state index contributed by atoms with van der Waals surface area (Å²) in [6.07, 6.45) is -2.13. The van der Waals surface area contributed by atoms with Gasteiger partial charge in [-0.05, 0) is 25.1 Å². The molecule has 9 nitrogen and oxygen atoms in total. The van der Waals surface area contributed by atoms with Gasteiger partial charge >= 0.3 is 6.18 Å². The molecule has 1 N–H and O–H groups in total. The van der Waals surface area contributed by atoms with Gasteiger partial charge in [0.05, 0.1) is 13.2 Å². The Balaban J connectivity index is 1.66. The van der Waals surface area contributed by atoms with Crippen LogP contribution in [0.5, 0.6) is 5.88 Å². The molecule has 1 amide bonds. The predicted molar refractivity (Wildman–Crippen MR) is 101 cm³/mol. The van der Waals surface area contributed by atoms with Gasteiger partial charge in [-0.3, -0.25) is 14.5 Å². The van der Waals surface area contributed by atoms with Crippen molar-refractivity contribution in [3.8, 4) is 17.4 Å². The number of halogens is 3. The van der Waals surface area contributed by atoms with Crippen LogP contribution in [0.3, 0.4) is 0 Å². The second kappa shape index (κ2) is 7.61. The van der Waals surface area contributed by atoms with Gasteiger partial charge in [-0.1, -0.05) is 0 Å². The summed E-state index contributed by atoms with van der Waals surface area (Å²) in [5.41, 5.74) is -1.35. The minimum absolute atomic E-state index is 0.0742. The normalized spacial score (nSPS) is 15.3. The van der Waals surface area contributed by atoms with Crippen molar-refractivity contribution in [1.82, 2.24) is 24.7 Å². The largest absolute Gasteiger partial charge is 0.466 e. The van der Waals surface area contributed by atoms with E-state index in [4.69, 9.17) is 9.47 Å². The van der Waals surface area contributed by atoms with Gasteiger partial charge in [-0.15, -0.1) is 0 Å². The highest BCUT2D eigenvalue weighted by atomic mass is 19.4. The summed E-state index contributed by atoms with van der Waals surface area (Å²) >= 11 is 0. The summed E-state index contributed by atoms with van der Waals surface area (Å²) in [5.74, 6) is -0.421. The molecule has 31 heavy (non-hydrogen) atoms. The van der Waals surface area contributed by atoms with E-state index in [1.807, 2.05) is 6.92 Å². The first-order valence-electron chi connectivity index (χ1n) is 9.12. The van der Waals surface area contributed by atoms with E-state index in [-0.39, 0.29) is 23.1 Å². The summed E-state index contributed by atoms with van der Waals surface area (Å²) in [4.78, 5) is 24.6. The molecule has 3 aromatic heterocycles. The lowest BCUT2D eigenvalue weighted by Crippen LogP contribution is -2.51. The summed E-state index contributed by atoms with van der Waals surface area (Å²) in [7, 11) is 1.68. The minimum Gasteiger partial charge on any atom is -0.466 e. The number of alkyl halides is 3. The number of nitrogens with zero attached hydrogens (tertiary/aromatic N) is 5. The fourth-order valence-electron chi connectivity index (χ4n) is 2.86. The minimum atomic E-state index is -4.64. The number of hydrogen-bond acceptors (Lipinski definition) is 7. The molecule has 162 valence electrons. The quantitative estimate of drug-likeness (QED) is 0.658. The zero-order valence-corrected chi connectivity index (χ0v) is 16.5. The maximum absolute atomic E-state index is 12.9. The van der Waals surface area contributed by atoms with Gasteiger partial charge in [-0.2, -0.15) is 23.3 Å². The average Bonchev–Trinajstić information content (AvgIpc) is 3.12. The molecule has 4 heterocycles. The molecule has 0 saturated carbocycles. The number of aryl methyl sites for hydroxylation is 1. The van der Waals surface area contributed by atoms with Gasteiger partial charge in [0.2, 0.25) is 5.88 Å². The maximum atomic E-state index is 12.9. The topological polar surface area (TPSA) is 104 Å². The third kappa shape index (κ3) is 4.48. The number of hydrogen-bond donors (Lipinski definition) is 1. The summed E-state index contributed by atoms with van der Waals surface area (Å²) in [6.45, 7) is 2.55. The summed E-state index contributed by atoms with van der Waals surface area (Å²) in [5, 5.41) is 6.47. The van der Waals surface area contributed by atoms with Gasteiger partial charge in [0, 0.05) is 31.2 Å². The van der Waals surface area contributed by atoms with Crippen LogP contribution in [0, 0.1) is 0 Å². The van der Waals surface area contributed by atoms with Crippen molar-refractivity contribution in [2.24, 2.45) is 7.05 Å². The number of amides is 1. The molecule has 0 aromatic carbocycles. The third-order valence-corrected chi connectivity index (χ3v) is 4.46. The van der Waals surface area contributed by atoms with Crippen molar-refractivity contribution in [3.63, 3.8) is 0 Å². The predicted octanol–water partition coefficient (Wildman–Crippen LogP) is 2.71. The molecule has 3 aromatic rings. The molecule has 0 aliphatic carbocycles. The molecular weight excluding hydrogens is 417 g/mol. The van der Waals surface area contributed by atoms with E-state index >= 15 is 0 Å². The number of carbonyl (C=O) groups is 1. The smallest absolute Gasteiger partial charge is 0.433 e. The molecule has 0 bridgehead atoms. The Hall–Kier alpha value is -3.54. The highest BCUT2D eigenvalue weighted by Crippen LogP contribution is 2.29. The van der Waals surface area contributed by atoms with Gasteiger partial charge in [0.15, 0.2) is 11.4 Å². The molecule has 0 spiro atoms. The SMILES string of the molecule is Cn1nccc1-c1nc(OC2(C)COC2)cc(C(=O)Nc2ccnc(C(F)(F)F)c2)n1. The summed E-state index contributed by atoms with van der Waals surface area (Å²) < 4.78 is 51.2. The zero-order chi connectivity index (χ0) is 22.2. The van der Waals surface area contributed by atoms with Crippen LogP contribution in [0.25, 0.3) is 11.5 Å². The van der Waals surface area contributed by atoms with E-state index in [2.05, 4.69) is 25.4 Å². The van der Waals surface area contributed by atoms with E-state index in [9.17, 15) is 18.0 Å². The Morgan fingerprint density at radius 1 is 1.23 bits per heavy atom. The number of anilines is 1. The van der Waals surface area contributed by atoms with E-state index in [0.29, 0.717) is 18.9 Å². The van der Waals surface area contributed by atoms with E-state index in [1.54, 1.807) is 19.3 Å². The molecular formula is C19H17F3N6O3. The highest BCUT2D eigenvalue weighted by molar-refractivity contribution is 6.03.